The van der Waals surface area contributed by atoms with Gasteiger partial charge in [0.1, 0.15) is 6.61 Å². The number of rotatable bonds is 9. The predicted octanol–water partition coefficient (Wildman–Crippen LogP) is 1.10. The van der Waals surface area contributed by atoms with E-state index in [-0.39, 0.29) is 35.8 Å². The van der Waals surface area contributed by atoms with Crippen LogP contribution in [0.25, 0.3) is 0 Å². The van der Waals surface area contributed by atoms with Gasteiger partial charge in [0.05, 0.1) is 37.4 Å². The molecule has 138 valence electrons. The molecule has 0 aliphatic carbocycles. The van der Waals surface area contributed by atoms with Crippen LogP contribution in [0.3, 0.4) is 0 Å². The highest BCUT2D eigenvalue weighted by Crippen LogP contribution is 2.34. The summed E-state index contributed by atoms with van der Waals surface area (Å²) in [6.45, 7) is -0.864. The minimum atomic E-state index is -1.67. The van der Waals surface area contributed by atoms with Crippen molar-refractivity contribution in [3.8, 4) is 11.5 Å². The lowest BCUT2D eigenvalue weighted by Gasteiger charge is -2.11. The molecule has 0 fully saturated rings. The first-order valence-electron chi connectivity index (χ1n) is 6.89. The first-order valence-corrected chi connectivity index (χ1v) is 6.89. The number of nitro benzene ring substituents is 1. The lowest BCUT2D eigenvalue weighted by Crippen LogP contribution is -2.22. The monoisotopic (exact) mass is 359 g/mol. The Morgan fingerprint density at radius 1 is 1.20 bits per heavy atom. The highest BCUT2D eigenvalue weighted by Gasteiger charge is 2.21. The Balaban J connectivity index is 2.71. The number of carbonyl (C=O) groups is 2. The van der Waals surface area contributed by atoms with Gasteiger partial charge in [-0.3, -0.25) is 10.1 Å². The summed E-state index contributed by atoms with van der Waals surface area (Å²) in [5, 5.41) is 28.6. The van der Waals surface area contributed by atoms with Gasteiger partial charge in [0.15, 0.2) is 17.6 Å². The molecule has 0 saturated carbocycles. The van der Waals surface area contributed by atoms with Crippen molar-refractivity contribution in [1.29, 1.82) is 0 Å². The summed E-state index contributed by atoms with van der Waals surface area (Å²) in [5.74, 6) is -1.09. The number of nitro groups is 1. The number of aliphatic hydroxyl groups excluding tert-OH is 1. The van der Waals surface area contributed by atoms with Crippen molar-refractivity contribution in [2.24, 2.45) is 0 Å². The van der Waals surface area contributed by atoms with Crippen molar-refractivity contribution < 1.29 is 43.7 Å². The summed E-state index contributed by atoms with van der Waals surface area (Å²) in [7, 11) is 2.66. The highest BCUT2D eigenvalue weighted by molar-refractivity contribution is 5.71. The van der Waals surface area contributed by atoms with Crippen molar-refractivity contribution in [2.75, 3.05) is 20.8 Å². The molecule has 0 unspecified atom stereocenters. The van der Waals surface area contributed by atoms with Gasteiger partial charge in [0.2, 0.25) is 0 Å². The average Bonchev–Trinajstić information content (AvgIpc) is 2.58. The molecule has 1 atom stereocenters. The molecule has 0 spiro atoms. The Kier molecular flexibility index (Phi) is 7.41. The lowest BCUT2D eigenvalue weighted by molar-refractivity contribution is -0.385. The van der Waals surface area contributed by atoms with E-state index in [1.54, 1.807) is 0 Å². The quantitative estimate of drug-likeness (QED) is 0.372. The minimum Gasteiger partial charge on any atom is -0.493 e. The van der Waals surface area contributed by atoms with Crippen molar-refractivity contribution >= 4 is 17.8 Å². The third kappa shape index (κ3) is 5.80. The van der Waals surface area contributed by atoms with E-state index in [2.05, 4.69) is 4.74 Å². The number of carbonyl (C=O) groups excluding carboxylic acids is 1. The fraction of sp³-hybridized carbons (Fsp3) is 0.429. The van der Waals surface area contributed by atoms with Crippen LogP contribution in [0.5, 0.6) is 11.5 Å². The van der Waals surface area contributed by atoms with Crippen molar-refractivity contribution in [1.82, 2.24) is 0 Å². The number of hydrogen-bond donors (Lipinski definition) is 2. The summed E-state index contributed by atoms with van der Waals surface area (Å²) in [4.78, 5) is 32.2. The van der Waals surface area contributed by atoms with Gasteiger partial charge in [0, 0.05) is 6.42 Å². The summed E-state index contributed by atoms with van der Waals surface area (Å²) in [5.41, 5.74) is -0.295. The smallest absolute Gasteiger partial charge is 0.493 e. The van der Waals surface area contributed by atoms with Gasteiger partial charge in [-0.25, -0.2) is 9.59 Å². The van der Waals surface area contributed by atoms with Gasteiger partial charge in [-0.2, -0.15) is 0 Å². The van der Waals surface area contributed by atoms with Crippen LogP contribution >= 0.6 is 0 Å². The molecule has 11 heteroatoms. The van der Waals surface area contributed by atoms with Crippen LogP contribution in [0.2, 0.25) is 0 Å². The summed E-state index contributed by atoms with van der Waals surface area (Å²) >= 11 is 0. The van der Waals surface area contributed by atoms with Crippen LogP contribution in [0.4, 0.5) is 10.5 Å². The number of ether oxygens (including phenoxy) is 4. The highest BCUT2D eigenvalue weighted by atomic mass is 16.7. The van der Waals surface area contributed by atoms with Crippen LogP contribution in [0.15, 0.2) is 12.1 Å². The second-order valence-electron chi connectivity index (χ2n) is 4.62. The molecule has 11 nitrogen and oxygen atoms in total. The van der Waals surface area contributed by atoms with Gasteiger partial charge < -0.3 is 29.2 Å². The van der Waals surface area contributed by atoms with Gasteiger partial charge >= 0.3 is 12.1 Å². The summed E-state index contributed by atoms with van der Waals surface area (Å²) in [6, 6.07) is 2.42. The van der Waals surface area contributed by atoms with E-state index in [1.807, 2.05) is 0 Å². The third-order valence-corrected chi connectivity index (χ3v) is 3.02. The number of methoxy groups -OCH3 is 2. The summed E-state index contributed by atoms with van der Waals surface area (Å²) in [6.07, 6.45) is -3.15. The molecule has 2 N–H and O–H groups in total. The van der Waals surface area contributed by atoms with Gasteiger partial charge in [-0.1, -0.05) is 0 Å². The number of carboxylic acid groups (broad SMARTS) is 1. The molecule has 0 aromatic heterocycles. The van der Waals surface area contributed by atoms with E-state index in [0.717, 1.165) is 6.07 Å². The molecular formula is C14H17NO10. The molecule has 1 rings (SSSR count). The number of hydrogen-bond acceptors (Lipinski definition) is 9. The Morgan fingerprint density at radius 3 is 2.32 bits per heavy atom. The zero-order valence-electron chi connectivity index (χ0n) is 13.5. The van der Waals surface area contributed by atoms with Crippen LogP contribution in [0, 0.1) is 10.1 Å². The fourth-order valence-corrected chi connectivity index (χ4v) is 1.75. The van der Waals surface area contributed by atoms with Crippen LogP contribution < -0.4 is 9.47 Å². The molecule has 0 saturated heterocycles. The Hall–Kier alpha value is -3.08. The predicted molar refractivity (Wildman–Crippen MR) is 80.6 cm³/mol. The first-order chi connectivity index (χ1) is 11.8. The SMILES string of the molecule is COc1cc(COC(=O)OCC[C@H](O)C(=O)O)c([N+](=O)[O-])cc1OC. The maximum absolute atomic E-state index is 11.4. The lowest BCUT2D eigenvalue weighted by atomic mass is 10.1. The largest absolute Gasteiger partial charge is 0.508 e. The maximum atomic E-state index is 11.4. The van der Waals surface area contributed by atoms with Gasteiger partial charge in [-0.15, -0.1) is 0 Å². The second-order valence-corrected chi connectivity index (χ2v) is 4.62. The number of aliphatic hydroxyl groups is 1. The zero-order valence-corrected chi connectivity index (χ0v) is 13.5. The van der Waals surface area contributed by atoms with Crippen LogP contribution in [0.1, 0.15) is 12.0 Å². The molecule has 0 aliphatic heterocycles. The van der Waals surface area contributed by atoms with E-state index in [9.17, 15) is 19.7 Å². The first kappa shape index (κ1) is 20.0. The van der Waals surface area contributed by atoms with Gasteiger partial charge in [0.25, 0.3) is 5.69 Å². The Labute approximate surface area is 141 Å². The molecule has 1 aromatic carbocycles. The number of carboxylic acids is 1. The van der Waals surface area contributed by atoms with E-state index in [4.69, 9.17) is 24.4 Å². The van der Waals surface area contributed by atoms with E-state index < -0.39 is 29.8 Å². The van der Waals surface area contributed by atoms with Crippen LogP contribution in [-0.2, 0) is 20.9 Å². The molecular weight excluding hydrogens is 342 g/mol. The third-order valence-electron chi connectivity index (χ3n) is 3.02. The Bertz CT molecular complexity index is 645. The molecule has 0 heterocycles. The second kappa shape index (κ2) is 9.27. The van der Waals surface area contributed by atoms with E-state index in [0.29, 0.717) is 0 Å². The van der Waals surface area contributed by atoms with E-state index >= 15 is 0 Å². The molecule has 0 bridgehead atoms. The molecule has 25 heavy (non-hydrogen) atoms. The topological polar surface area (TPSA) is 155 Å². The van der Waals surface area contributed by atoms with E-state index in [1.165, 1.54) is 20.3 Å². The molecule has 0 aliphatic rings. The van der Waals surface area contributed by atoms with Crippen molar-refractivity contribution in [2.45, 2.75) is 19.1 Å². The number of aliphatic carboxylic acids is 1. The Morgan fingerprint density at radius 2 is 1.80 bits per heavy atom. The van der Waals surface area contributed by atoms with Crippen molar-refractivity contribution in [3.05, 3.63) is 27.8 Å². The number of benzene rings is 1. The molecule has 0 radical (unpaired) electrons. The maximum Gasteiger partial charge on any atom is 0.508 e. The van der Waals surface area contributed by atoms with Gasteiger partial charge in [-0.05, 0) is 6.07 Å². The average molecular weight is 359 g/mol. The summed E-state index contributed by atoms with van der Waals surface area (Å²) < 4.78 is 19.3. The zero-order chi connectivity index (χ0) is 19.0. The fourth-order valence-electron chi connectivity index (χ4n) is 1.75. The standard InChI is InChI=1S/C14H17NO10/c1-22-11-5-8(9(15(20)21)6-12(11)23-2)7-25-14(19)24-4-3-10(16)13(17)18/h5-6,10,16H,3-4,7H2,1-2H3,(H,17,18)/t10-/m0/s1. The number of nitrogens with zero attached hydrogens (tertiary/aromatic N) is 1. The normalized spacial score (nSPS) is 11.3. The van der Waals surface area contributed by atoms with Crippen molar-refractivity contribution in [3.63, 3.8) is 0 Å². The van der Waals surface area contributed by atoms with Crippen LogP contribution in [-0.4, -0.2) is 54.2 Å². The molecule has 0 amide bonds. The molecule has 1 aromatic rings. The minimum absolute atomic E-state index is 0.0465.